The second-order valence-corrected chi connectivity index (χ2v) is 5.26. The lowest BCUT2D eigenvalue weighted by Gasteiger charge is -2.30. The molecule has 3 N–H and O–H groups in total. The van der Waals surface area contributed by atoms with Gasteiger partial charge >= 0.3 is 0 Å². The minimum absolute atomic E-state index is 0.0741. The van der Waals surface area contributed by atoms with Gasteiger partial charge in [-0.25, -0.2) is 4.39 Å². The van der Waals surface area contributed by atoms with E-state index in [1.807, 2.05) is 0 Å². The Bertz CT molecular complexity index is 515. The summed E-state index contributed by atoms with van der Waals surface area (Å²) in [5, 5.41) is 3.23. The van der Waals surface area contributed by atoms with Crippen LogP contribution < -0.4 is 16.0 Å². The van der Waals surface area contributed by atoms with E-state index in [0.29, 0.717) is 5.69 Å². The summed E-state index contributed by atoms with van der Waals surface area (Å²) in [5.41, 5.74) is 5.74. The standard InChI is InChI=1S/C15H21FN4O2/c16-12-1-3-13(4-2-12)20(8-5-14(17)21)15(22)11-19-9-6-18-7-10-19/h1-4,18H,5-11H2,(H2,17,21). The van der Waals surface area contributed by atoms with E-state index in [9.17, 15) is 14.0 Å². The molecular weight excluding hydrogens is 287 g/mol. The molecule has 1 aliphatic heterocycles. The van der Waals surface area contributed by atoms with Crippen molar-refractivity contribution in [3.8, 4) is 0 Å². The van der Waals surface area contributed by atoms with Crippen molar-refractivity contribution < 1.29 is 14.0 Å². The van der Waals surface area contributed by atoms with E-state index in [4.69, 9.17) is 5.73 Å². The number of rotatable bonds is 6. The number of anilines is 1. The third-order valence-electron chi connectivity index (χ3n) is 3.59. The molecule has 0 spiro atoms. The number of benzene rings is 1. The van der Waals surface area contributed by atoms with E-state index in [1.165, 1.54) is 29.2 Å². The van der Waals surface area contributed by atoms with E-state index >= 15 is 0 Å². The topological polar surface area (TPSA) is 78.7 Å². The van der Waals surface area contributed by atoms with Crippen LogP contribution in [0, 0.1) is 5.82 Å². The molecule has 2 rings (SSSR count). The van der Waals surface area contributed by atoms with Crippen molar-refractivity contribution in [3.05, 3.63) is 30.1 Å². The van der Waals surface area contributed by atoms with Crippen LogP contribution >= 0.6 is 0 Å². The molecule has 2 amide bonds. The fraction of sp³-hybridized carbons (Fsp3) is 0.467. The number of halogens is 1. The van der Waals surface area contributed by atoms with Gasteiger partial charge in [-0.3, -0.25) is 14.5 Å². The molecule has 0 radical (unpaired) electrons. The van der Waals surface area contributed by atoms with E-state index in [0.717, 1.165) is 26.2 Å². The molecule has 7 heteroatoms. The van der Waals surface area contributed by atoms with Gasteiger partial charge in [0.15, 0.2) is 0 Å². The number of hydrogen-bond acceptors (Lipinski definition) is 4. The van der Waals surface area contributed by atoms with Crippen molar-refractivity contribution in [3.63, 3.8) is 0 Å². The Morgan fingerprint density at radius 1 is 1.23 bits per heavy atom. The normalized spacial score (nSPS) is 15.5. The Morgan fingerprint density at radius 3 is 2.45 bits per heavy atom. The summed E-state index contributed by atoms with van der Waals surface area (Å²) in [6, 6.07) is 5.66. The van der Waals surface area contributed by atoms with Crippen LogP contribution in [0.25, 0.3) is 0 Å². The minimum Gasteiger partial charge on any atom is -0.370 e. The Hall–Kier alpha value is -1.99. The smallest absolute Gasteiger partial charge is 0.241 e. The molecule has 1 heterocycles. The first-order valence-electron chi connectivity index (χ1n) is 7.33. The van der Waals surface area contributed by atoms with E-state index < -0.39 is 5.91 Å². The van der Waals surface area contributed by atoms with Crippen LogP contribution in [0.3, 0.4) is 0 Å². The lowest BCUT2D eigenvalue weighted by Crippen LogP contribution is -2.49. The molecule has 0 atom stereocenters. The first-order valence-corrected chi connectivity index (χ1v) is 7.33. The lowest BCUT2D eigenvalue weighted by atomic mass is 10.2. The van der Waals surface area contributed by atoms with Crippen LogP contribution in [0.2, 0.25) is 0 Å². The SMILES string of the molecule is NC(=O)CCN(C(=O)CN1CCNCC1)c1ccc(F)cc1. The van der Waals surface area contributed by atoms with Crippen LogP contribution in [0.5, 0.6) is 0 Å². The first-order chi connectivity index (χ1) is 10.6. The van der Waals surface area contributed by atoms with Gasteiger partial charge in [0.05, 0.1) is 6.54 Å². The van der Waals surface area contributed by atoms with Gasteiger partial charge in [0.25, 0.3) is 0 Å². The lowest BCUT2D eigenvalue weighted by molar-refractivity contribution is -0.120. The highest BCUT2D eigenvalue weighted by Crippen LogP contribution is 2.16. The van der Waals surface area contributed by atoms with Gasteiger partial charge < -0.3 is 16.0 Å². The highest BCUT2D eigenvalue weighted by molar-refractivity contribution is 5.95. The molecule has 1 saturated heterocycles. The fourth-order valence-corrected chi connectivity index (χ4v) is 2.39. The maximum Gasteiger partial charge on any atom is 0.241 e. The predicted octanol–water partition coefficient (Wildman–Crippen LogP) is -0.0607. The van der Waals surface area contributed by atoms with Gasteiger partial charge in [-0.15, -0.1) is 0 Å². The molecular formula is C15H21FN4O2. The van der Waals surface area contributed by atoms with Crippen molar-refractivity contribution in [1.82, 2.24) is 10.2 Å². The largest absolute Gasteiger partial charge is 0.370 e. The molecule has 0 unspecified atom stereocenters. The average Bonchev–Trinajstić information content (AvgIpc) is 2.50. The zero-order valence-electron chi connectivity index (χ0n) is 12.4. The van der Waals surface area contributed by atoms with E-state index in [1.54, 1.807) is 0 Å². The molecule has 1 fully saturated rings. The van der Waals surface area contributed by atoms with Crippen LogP contribution in [0.4, 0.5) is 10.1 Å². The third kappa shape index (κ3) is 4.78. The fourth-order valence-electron chi connectivity index (χ4n) is 2.39. The van der Waals surface area contributed by atoms with Crippen LogP contribution in [0.15, 0.2) is 24.3 Å². The van der Waals surface area contributed by atoms with Gasteiger partial charge in [0.2, 0.25) is 11.8 Å². The van der Waals surface area contributed by atoms with E-state index in [-0.39, 0.29) is 31.2 Å². The number of amides is 2. The number of nitrogens with one attached hydrogen (secondary N) is 1. The van der Waals surface area contributed by atoms with Gasteiger partial charge in [0, 0.05) is 44.8 Å². The second-order valence-electron chi connectivity index (χ2n) is 5.26. The van der Waals surface area contributed by atoms with E-state index in [2.05, 4.69) is 10.2 Å². The Labute approximate surface area is 129 Å². The molecule has 0 aromatic heterocycles. The number of carbonyl (C=O) groups excluding carboxylic acids is 2. The van der Waals surface area contributed by atoms with Crippen LogP contribution in [-0.4, -0.2) is 56.0 Å². The predicted molar refractivity (Wildman–Crippen MR) is 81.9 cm³/mol. The molecule has 1 aromatic rings. The van der Waals surface area contributed by atoms with Crippen molar-refractivity contribution in [2.75, 3.05) is 44.2 Å². The number of carbonyl (C=O) groups is 2. The number of primary amides is 1. The molecule has 22 heavy (non-hydrogen) atoms. The minimum atomic E-state index is -0.470. The number of piperazine rings is 1. The maximum absolute atomic E-state index is 13.0. The Morgan fingerprint density at radius 2 is 1.86 bits per heavy atom. The molecule has 0 saturated carbocycles. The average molecular weight is 308 g/mol. The van der Waals surface area contributed by atoms with Gasteiger partial charge in [0.1, 0.15) is 5.82 Å². The van der Waals surface area contributed by atoms with Crippen molar-refractivity contribution in [1.29, 1.82) is 0 Å². The molecule has 6 nitrogen and oxygen atoms in total. The number of nitrogens with two attached hydrogens (primary N) is 1. The van der Waals surface area contributed by atoms with Crippen LogP contribution in [0.1, 0.15) is 6.42 Å². The molecule has 0 aliphatic carbocycles. The highest BCUT2D eigenvalue weighted by atomic mass is 19.1. The van der Waals surface area contributed by atoms with Gasteiger partial charge in [-0.1, -0.05) is 0 Å². The summed E-state index contributed by atoms with van der Waals surface area (Å²) < 4.78 is 13.0. The summed E-state index contributed by atoms with van der Waals surface area (Å²) in [5.74, 6) is -0.954. The molecule has 1 aromatic carbocycles. The Kier molecular flexibility index (Phi) is 5.85. The summed E-state index contributed by atoms with van der Waals surface area (Å²) in [6.45, 7) is 3.79. The summed E-state index contributed by atoms with van der Waals surface area (Å²) in [4.78, 5) is 27.1. The highest BCUT2D eigenvalue weighted by Gasteiger charge is 2.20. The monoisotopic (exact) mass is 308 g/mol. The second kappa shape index (κ2) is 7.86. The summed E-state index contributed by atoms with van der Waals surface area (Å²) in [6.07, 6.45) is 0.0741. The van der Waals surface area contributed by atoms with Crippen molar-refractivity contribution in [2.24, 2.45) is 5.73 Å². The maximum atomic E-state index is 13.0. The number of nitrogens with zero attached hydrogens (tertiary/aromatic N) is 2. The molecule has 120 valence electrons. The molecule has 0 bridgehead atoms. The van der Waals surface area contributed by atoms with Crippen molar-refractivity contribution >= 4 is 17.5 Å². The zero-order valence-corrected chi connectivity index (χ0v) is 12.4. The zero-order chi connectivity index (χ0) is 15.9. The first kappa shape index (κ1) is 16.4. The van der Waals surface area contributed by atoms with Gasteiger partial charge in [-0.2, -0.15) is 0 Å². The summed E-state index contributed by atoms with van der Waals surface area (Å²) in [7, 11) is 0. The molecule has 1 aliphatic rings. The third-order valence-corrected chi connectivity index (χ3v) is 3.59. The van der Waals surface area contributed by atoms with Crippen molar-refractivity contribution in [2.45, 2.75) is 6.42 Å². The quantitative estimate of drug-likeness (QED) is 0.772. The number of hydrogen-bond donors (Lipinski definition) is 2. The summed E-state index contributed by atoms with van der Waals surface area (Å²) >= 11 is 0. The van der Waals surface area contributed by atoms with Gasteiger partial charge in [-0.05, 0) is 24.3 Å². The van der Waals surface area contributed by atoms with Crippen LogP contribution in [-0.2, 0) is 9.59 Å². The Balaban J connectivity index is 2.06.